The molecule has 1 aliphatic rings. The molecular weight excluding hydrogens is 439 g/mol. The molecule has 0 spiro atoms. The molecule has 0 amide bonds. The smallest absolute Gasteiger partial charge is 0.208 e. The molecule has 0 radical (unpaired) electrons. The first-order valence-corrected chi connectivity index (χ1v) is 10.9. The SMILES string of the molecule is CCNC(=NCCCNS(C)(=O)=O)NCCCC1CCCCC1.I. The molecule has 0 heterocycles. The summed E-state index contributed by atoms with van der Waals surface area (Å²) in [5.74, 6) is 1.75. The van der Waals surface area contributed by atoms with Crippen LogP contribution in [0, 0.1) is 5.92 Å². The zero-order chi connectivity index (χ0) is 17.0. The first-order valence-electron chi connectivity index (χ1n) is 8.98. The number of hydrogen-bond donors (Lipinski definition) is 3. The molecule has 0 aromatic rings. The lowest BCUT2D eigenvalue weighted by molar-refractivity contribution is 0.332. The van der Waals surface area contributed by atoms with Crippen LogP contribution in [0.25, 0.3) is 0 Å². The van der Waals surface area contributed by atoms with Gasteiger partial charge in [-0.15, -0.1) is 24.0 Å². The molecule has 1 rings (SSSR count). The van der Waals surface area contributed by atoms with Crippen molar-refractivity contribution in [2.75, 3.05) is 32.4 Å². The maximum atomic E-state index is 11.0. The van der Waals surface area contributed by atoms with Crippen LogP contribution in [0.1, 0.15) is 58.3 Å². The van der Waals surface area contributed by atoms with Crippen molar-refractivity contribution in [2.45, 2.75) is 58.3 Å². The lowest BCUT2D eigenvalue weighted by Crippen LogP contribution is -2.38. The van der Waals surface area contributed by atoms with Gasteiger partial charge in [0, 0.05) is 26.2 Å². The molecule has 144 valence electrons. The summed E-state index contributed by atoms with van der Waals surface area (Å²) in [7, 11) is -3.09. The van der Waals surface area contributed by atoms with Crippen LogP contribution in [0.3, 0.4) is 0 Å². The van der Waals surface area contributed by atoms with E-state index >= 15 is 0 Å². The predicted octanol–water partition coefficient (Wildman–Crippen LogP) is 2.46. The van der Waals surface area contributed by atoms with Gasteiger partial charge in [-0.25, -0.2) is 13.1 Å². The average Bonchev–Trinajstić information content (AvgIpc) is 2.51. The Hall–Kier alpha value is -0.0900. The maximum Gasteiger partial charge on any atom is 0.208 e. The molecule has 6 nitrogen and oxygen atoms in total. The van der Waals surface area contributed by atoms with E-state index in [1.807, 2.05) is 6.92 Å². The monoisotopic (exact) mass is 474 g/mol. The van der Waals surface area contributed by atoms with E-state index in [2.05, 4.69) is 20.3 Å². The summed E-state index contributed by atoms with van der Waals surface area (Å²) >= 11 is 0. The van der Waals surface area contributed by atoms with Crippen LogP contribution in [-0.4, -0.2) is 46.8 Å². The molecule has 1 fully saturated rings. The fourth-order valence-corrected chi connectivity index (χ4v) is 3.46. The largest absolute Gasteiger partial charge is 0.357 e. The van der Waals surface area contributed by atoms with Crippen LogP contribution >= 0.6 is 24.0 Å². The van der Waals surface area contributed by atoms with Gasteiger partial charge in [-0.1, -0.05) is 32.1 Å². The van der Waals surface area contributed by atoms with E-state index in [4.69, 9.17) is 0 Å². The standard InChI is InChI=1S/C16H34N4O2S.HI/c1-3-17-16(19-13-8-14-20-23(2,21)22)18-12-7-11-15-9-5-4-6-10-15;/h15,20H,3-14H2,1-2H3,(H2,17,18,19);1H. The Morgan fingerprint density at radius 1 is 1.08 bits per heavy atom. The summed E-state index contributed by atoms with van der Waals surface area (Å²) in [6.07, 6.45) is 11.4. The van der Waals surface area contributed by atoms with Crippen molar-refractivity contribution in [1.29, 1.82) is 0 Å². The first kappa shape index (κ1) is 23.9. The van der Waals surface area contributed by atoms with E-state index in [0.717, 1.165) is 25.0 Å². The molecule has 3 N–H and O–H groups in total. The number of rotatable bonds is 10. The predicted molar refractivity (Wildman–Crippen MR) is 113 cm³/mol. The fraction of sp³-hybridized carbons (Fsp3) is 0.938. The van der Waals surface area contributed by atoms with Crippen molar-refractivity contribution in [3.05, 3.63) is 0 Å². The van der Waals surface area contributed by atoms with Gasteiger partial charge in [-0.3, -0.25) is 4.99 Å². The molecule has 8 heteroatoms. The minimum absolute atomic E-state index is 0. The lowest BCUT2D eigenvalue weighted by Gasteiger charge is -2.21. The lowest BCUT2D eigenvalue weighted by atomic mass is 9.86. The topological polar surface area (TPSA) is 82.6 Å². The van der Waals surface area contributed by atoms with E-state index in [-0.39, 0.29) is 24.0 Å². The fourth-order valence-electron chi connectivity index (χ4n) is 2.94. The maximum absolute atomic E-state index is 11.0. The third-order valence-corrected chi connectivity index (χ3v) is 4.85. The van der Waals surface area contributed by atoms with Gasteiger partial charge in [0.25, 0.3) is 0 Å². The van der Waals surface area contributed by atoms with E-state index in [1.165, 1.54) is 51.2 Å². The van der Waals surface area contributed by atoms with E-state index < -0.39 is 10.0 Å². The first-order chi connectivity index (χ1) is 11.0. The third-order valence-electron chi connectivity index (χ3n) is 4.12. The highest BCUT2D eigenvalue weighted by Gasteiger charge is 2.12. The van der Waals surface area contributed by atoms with Crippen LogP contribution in [0.4, 0.5) is 0 Å². The molecule has 0 saturated heterocycles. The van der Waals surface area contributed by atoms with E-state index in [9.17, 15) is 8.42 Å². The summed E-state index contributed by atoms with van der Waals surface area (Å²) < 4.78 is 24.4. The van der Waals surface area contributed by atoms with Crippen molar-refractivity contribution >= 4 is 40.0 Å². The summed E-state index contributed by atoms with van der Waals surface area (Å²) in [5.41, 5.74) is 0. The van der Waals surface area contributed by atoms with Gasteiger partial charge < -0.3 is 10.6 Å². The average molecular weight is 474 g/mol. The van der Waals surface area contributed by atoms with Gasteiger partial charge in [-0.2, -0.15) is 0 Å². The van der Waals surface area contributed by atoms with Crippen LogP contribution in [0.2, 0.25) is 0 Å². The van der Waals surface area contributed by atoms with Crippen molar-refractivity contribution in [1.82, 2.24) is 15.4 Å². The van der Waals surface area contributed by atoms with Crippen LogP contribution < -0.4 is 15.4 Å². The molecule has 0 bridgehead atoms. The van der Waals surface area contributed by atoms with E-state index in [0.29, 0.717) is 19.5 Å². The summed E-state index contributed by atoms with van der Waals surface area (Å²) in [6.45, 7) is 4.87. The quantitative estimate of drug-likeness (QED) is 0.197. The number of guanidine groups is 1. The van der Waals surface area contributed by atoms with Crippen molar-refractivity contribution in [2.24, 2.45) is 10.9 Å². The Morgan fingerprint density at radius 2 is 1.79 bits per heavy atom. The molecule has 1 aliphatic carbocycles. The van der Waals surface area contributed by atoms with Crippen molar-refractivity contribution in [3.8, 4) is 0 Å². The van der Waals surface area contributed by atoms with Crippen molar-refractivity contribution < 1.29 is 8.42 Å². The third kappa shape index (κ3) is 13.2. The second-order valence-corrected chi connectivity index (χ2v) is 8.19. The second kappa shape index (κ2) is 14.1. The molecule has 0 aromatic heterocycles. The Labute approximate surface area is 165 Å². The highest BCUT2D eigenvalue weighted by Crippen LogP contribution is 2.26. The molecule has 0 aromatic carbocycles. The molecule has 0 unspecified atom stereocenters. The van der Waals surface area contributed by atoms with Gasteiger partial charge in [0.1, 0.15) is 0 Å². The Bertz CT molecular complexity index is 437. The number of nitrogens with one attached hydrogen (secondary N) is 3. The second-order valence-electron chi connectivity index (χ2n) is 6.35. The molecule has 1 saturated carbocycles. The normalized spacial score (nSPS) is 16.5. The zero-order valence-electron chi connectivity index (χ0n) is 15.1. The zero-order valence-corrected chi connectivity index (χ0v) is 18.3. The number of halogens is 1. The Balaban J connectivity index is 0.00000529. The molecular formula is C16H35IN4O2S. The van der Waals surface area contributed by atoms with Crippen molar-refractivity contribution in [3.63, 3.8) is 0 Å². The van der Waals surface area contributed by atoms with Crippen LogP contribution in [0.5, 0.6) is 0 Å². The van der Waals surface area contributed by atoms with Gasteiger partial charge >= 0.3 is 0 Å². The number of aliphatic imine (C=N–C) groups is 1. The molecule has 0 atom stereocenters. The van der Waals surface area contributed by atoms with Crippen LogP contribution in [-0.2, 0) is 10.0 Å². The van der Waals surface area contributed by atoms with Gasteiger partial charge in [0.15, 0.2) is 5.96 Å². The Kier molecular flexibility index (Phi) is 14.1. The summed E-state index contributed by atoms with van der Waals surface area (Å²) in [6, 6.07) is 0. The van der Waals surface area contributed by atoms with Gasteiger partial charge in [-0.05, 0) is 32.1 Å². The molecule has 0 aliphatic heterocycles. The molecule has 24 heavy (non-hydrogen) atoms. The summed E-state index contributed by atoms with van der Waals surface area (Å²) in [5, 5.41) is 6.60. The number of nitrogens with zero attached hydrogens (tertiary/aromatic N) is 1. The van der Waals surface area contributed by atoms with E-state index in [1.54, 1.807) is 0 Å². The minimum Gasteiger partial charge on any atom is -0.357 e. The van der Waals surface area contributed by atoms with Gasteiger partial charge in [0.05, 0.1) is 6.26 Å². The Morgan fingerprint density at radius 3 is 2.42 bits per heavy atom. The van der Waals surface area contributed by atoms with Crippen LogP contribution in [0.15, 0.2) is 4.99 Å². The minimum atomic E-state index is -3.09. The van der Waals surface area contributed by atoms with Gasteiger partial charge in [0.2, 0.25) is 10.0 Å². The summed E-state index contributed by atoms with van der Waals surface area (Å²) in [4.78, 5) is 4.48. The highest BCUT2D eigenvalue weighted by atomic mass is 127. The highest BCUT2D eigenvalue weighted by molar-refractivity contribution is 14.0. The number of hydrogen-bond acceptors (Lipinski definition) is 3. The number of sulfonamides is 1.